The summed E-state index contributed by atoms with van der Waals surface area (Å²) in [5, 5.41) is 11.5. The normalized spacial score (nSPS) is 11.9. The summed E-state index contributed by atoms with van der Waals surface area (Å²) in [5.41, 5.74) is 0.211. The molecule has 0 radical (unpaired) electrons. The fraction of sp³-hybridized carbons (Fsp3) is 0.500. The summed E-state index contributed by atoms with van der Waals surface area (Å²) in [4.78, 5) is 29.7. The average molecular weight is 286 g/mol. The van der Waals surface area contributed by atoms with Crippen molar-refractivity contribution in [2.24, 2.45) is 5.92 Å². The summed E-state index contributed by atoms with van der Waals surface area (Å²) in [5.74, 6) is -0.866. The minimum absolute atomic E-state index is 0.151. The first-order chi connectivity index (χ1) is 8.99. The van der Waals surface area contributed by atoms with Crippen molar-refractivity contribution in [2.45, 2.75) is 26.2 Å². The lowest BCUT2D eigenvalue weighted by atomic mass is 10.0. The number of hydrogen-bond acceptors (Lipinski definition) is 4. The number of carbonyl (C=O) groups is 2. The lowest BCUT2D eigenvalue weighted by Gasteiger charge is -2.10. The molecule has 19 heavy (non-hydrogen) atoms. The van der Waals surface area contributed by atoms with Gasteiger partial charge in [-0.3, -0.25) is 9.59 Å². The van der Waals surface area contributed by atoms with E-state index in [4.69, 9.17) is 16.7 Å². The number of nitrogens with one attached hydrogen (secondary N) is 1. The number of rotatable bonds is 7. The van der Waals surface area contributed by atoms with Crippen LogP contribution < -0.4 is 5.32 Å². The fourth-order valence-electron chi connectivity index (χ4n) is 1.47. The molecule has 0 saturated heterocycles. The molecule has 1 unspecified atom stereocenters. The van der Waals surface area contributed by atoms with Gasteiger partial charge in [-0.2, -0.15) is 0 Å². The molecule has 1 aromatic heterocycles. The van der Waals surface area contributed by atoms with E-state index in [1.165, 1.54) is 12.4 Å². The summed E-state index contributed by atoms with van der Waals surface area (Å²) in [7, 11) is 0. The molecule has 1 atom stereocenters. The molecule has 0 aromatic carbocycles. The van der Waals surface area contributed by atoms with Crippen LogP contribution in [0.25, 0.3) is 0 Å². The van der Waals surface area contributed by atoms with Crippen LogP contribution in [-0.2, 0) is 4.79 Å². The van der Waals surface area contributed by atoms with Crippen molar-refractivity contribution in [3.8, 4) is 0 Å². The standard InChI is InChI=1S/C12H16ClN3O3/c1-8(2-3-11(17)18)4-5-14-12(19)9-6-16-10(13)7-15-9/h6-8H,2-5H2,1H3,(H,14,19)(H,17,18). The highest BCUT2D eigenvalue weighted by molar-refractivity contribution is 6.29. The van der Waals surface area contributed by atoms with E-state index in [2.05, 4.69) is 15.3 Å². The maximum absolute atomic E-state index is 11.7. The zero-order chi connectivity index (χ0) is 14.3. The summed E-state index contributed by atoms with van der Waals surface area (Å²) in [6.07, 6.45) is 4.10. The number of carboxylic acid groups (broad SMARTS) is 1. The molecular weight excluding hydrogens is 270 g/mol. The molecule has 7 heteroatoms. The van der Waals surface area contributed by atoms with E-state index in [1.807, 2.05) is 6.92 Å². The van der Waals surface area contributed by atoms with E-state index < -0.39 is 5.97 Å². The third-order valence-corrected chi connectivity index (χ3v) is 2.82. The largest absolute Gasteiger partial charge is 0.481 e. The molecule has 0 aliphatic carbocycles. The van der Waals surface area contributed by atoms with E-state index in [0.29, 0.717) is 13.0 Å². The van der Waals surface area contributed by atoms with Gasteiger partial charge in [-0.25, -0.2) is 9.97 Å². The first kappa shape index (κ1) is 15.4. The van der Waals surface area contributed by atoms with E-state index in [-0.39, 0.29) is 29.1 Å². The second-order valence-electron chi connectivity index (χ2n) is 4.31. The van der Waals surface area contributed by atoms with Crippen molar-refractivity contribution in [2.75, 3.05) is 6.54 Å². The molecule has 0 fully saturated rings. The maximum atomic E-state index is 11.7. The second-order valence-corrected chi connectivity index (χ2v) is 4.69. The molecule has 1 heterocycles. The van der Waals surface area contributed by atoms with Gasteiger partial charge in [0, 0.05) is 13.0 Å². The van der Waals surface area contributed by atoms with Crippen molar-refractivity contribution >= 4 is 23.5 Å². The van der Waals surface area contributed by atoms with Crippen LogP contribution in [0.2, 0.25) is 5.15 Å². The summed E-state index contributed by atoms with van der Waals surface area (Å²) < 4.78 is 0. The number of aromatic nitrogens is 2. The van der Waals surface area contributed by atoms with E-state index >= 15 is 0 Å². The predicted molar refractivity (Wildman–Crippen MR) is 70.0 cm³/mol. The number of hydrogen-bond donors (Lipinski definition) is 2. The monoisotopic (exact) mass is 285 g/mol. The Morgan fingerprint density at radius 3 is 2.68 bits per heavy atom. The Balaban J connectivity index is 2.27. The highest BCUT2D eigenvalue weighted by atomic mass is 35.5. The Hall–Kier alpha value is -1.69. The number of nitrogens with zero attached hydrogens (tertiary/aromatic N) is 2. The van der Waals surface area contributed by atoms with Crippen LogP contribution >= 0.6 is 11.6 Å². The minimum atomic E-state index is -0.799. The number of aliphatic carboxylic acids is 1. The van der Waals surface area contributed by atoms with Crippen molar-refractivity contribution in [1.82, 2.24) is 15.3 Å². The zero-order valence-corrected chi connectivity index (χ0v) is 11.4. The van der Waals surface area contributed by atoms with Crippen LogP contribution in [0.3, 0.4) is 0 Å². The quantitative estimate of drug-likeness (QED) is 0.796. The minimum Gasteiger partial charge on any atom is -0.481 e. The molecule has 1 rings (SSSR count). The van der Waals surface area contributed by atoms with Crippen molar-refractivity contribution in [3.63, 3.8) is 0 Å². The Labute approximate surface area is 116 Å². The van der Waals surface area contributed by atoms with Gasteiger partial charge < -0.3 is 10.4 Å². The summed E-state index contributed by atoms with van der Waals surface area (Å²) in [6, 6.07) is 0. The highest BCUT2D eigenvalue weighted by Crippen LogP contribution is 2.09. The average Bonchev–Trinajstić information content (AvgIpc) is 2.37. The van der Waals surface area contributed by atoms with Crippen LogP contribution in [0, 0.1) is 5.92 Å². The molecule has 0 aliphatic rings. The van der Waals surface area contributed by atoms with Gasteiger partial charge in [-0.1, -0.05) is 18.5 Å². The second kappa shape index (κ2) is 7.68. The molecule has 1 amide bonds. The van der Waals surface area contributed by atoms with Crippen LogP contribution in [0.15, 0.2) is 12.4 Å². The molecule has 1 aromatic rings. The lowest BCUT2D eigenvalue weighted by Crippen LogP contribution is -2.26. The van der Waals surface area contributed by atoms with E-state index in [9.17, 15) is 9.59 Å². The van der Waals surface area contributed by atoms with Crippen LogP contribution in [0.5, 0.6) is 0 Å². The molecule has 0 aliphatic heterocycles. The SMILES string of the molecule is CC(CCNC(=O)c1cnc(Cl)cn1)CCC(=O)O. The maximum Gasteiger partial charge on any atom is 0.303 e. The smallest absolute Gasteiger partial charge is 0.303 e. The van der Waals surface area contributed by atoms with Gasteiger partial charge in [-0.15, -0.1) is 0 Å². The van der Waals surface area contributed by atoms with Gasteiger partial charge in [0.2, 0.25) is 0 Å². The molecule has 0 saturated carbocycles. The molecule has 6 nitrogen and oxygen atoms in total. The van der Waals surface area contributed by atoms with Crippen LogP contribution in [0.1, 0.15) is 36.7 Å². The zero-order valence-electron chi connectivity index (χ0n) is 10.6. The Kier molecular flexibility index (Phi) is 6.21. The van der Waals surface area contributed by atoms with Crippen LogP contribution in [0.4, 0.5) is 0 Å². The third kappa shape index (κ3) is 6.15. The highest BCUT2D eigenvalue weighted by Gasteiger charge is 2.09. The van der Waals surface area contributed by atoms with Crippen molar-refractivity contribution < 1.29 is 14.7 Å². The Bertz CT molecular complexity index is 436. The van der Waals surface area contributed by atoms with Crippen LogP contribution in [-0.4, -0.2) is 33.5 Å². The molecule has 0 spiro atoms. The summed E-state index contributed by atoms with van der Waals surface area (Å²) in [6.45, 7) is 2.43. The number of halogens is 1. The number of carbonyl (C=O) groups excluding carboxylic acids is 1. The first-order valence-corrected chi connectivity index (χ1v) is 6.34. The van der Waals surface area contributed by atoms with Gasteiger partial charge in [0.15, 0.2) is 0 Å². The Morgan fingerprint density at radius 2 is 2.11 bits per heavy atom. The van der Waals surface area contributed by atoms with E-state index in [1.54, 1.807) is 0 Å². The van der Waals surface area contributed by atoms with Gasteiger partial charge in [0.1, 0.15) is 10.8 Å². The van der Waals surface area contributed by atoms with E-state index in [0.717, 1.165) is 6.42 Å². The molecule has 0 bridgehead atoms. The van der Waals surface area contributed by atoms with Crippen molar-refractivity contribution in [1.29, 1.82) is 0 Å². The molecular formula is C12H16ClN3O3. The first-order valence-electron chi connectivity index (χ1n) is 5.96. The molecule has 2 N–H and O–H groups in total. The Morgan fingerprint density at radius 1 is 1.37 bits per heavy atom. The topological polar surface area (TPSA) is 92.2 Å². The fourth-order valence-corrected chi connectivity index (χ4v) is 1.56. The third-order valence-electron chi connectivity index (χ3n) is 2.63. The summed E-state index contributed by atoms with van der Waals surface area (Å²) >= 11 is 5.57. The van der Waals surface area contributed by atoms with Gasteiger partial charge in [0.05, 0.1) is 12.4 Å². The van der Waals surface area contributed by atoms with Gasteiger partial charge >= 0.3 is 5.97 Å². The van der Waals surface area contributed by atoms with Crippen molar-refractivity contribution in [3.05, 3.63) is 23.2 Å². The molecule has 104 valence electrons. The number of amides is 1. The van der Waals surface area contributed by atoms with Gasteiger partial charge in [0.25, 0.3) is 5.91 Å². The van der Waals surface area contributed by atoms with Gasteiger partial charge in [-0.05, 0) is 18.8 Å². The number of carboxylic acids is 1. The lowest BCUT2D eigenvalue weighted by molar-refractivity contribution is -0.137. The predicted octanol–water partition coefficient (Wildman–Crippen LogP) is 1.75.